The monoisotopic (exact) mass is 416 g/mol. The van der Waals surface area contributed by atoms with E-state index in [0.717, 1.165) is 22.3 Å². The molecule has 0 bridgehead atoms. The molecule has 0 unspecified atom stereocenters. The second-order valence-corrected chi connectivity index (χ2v) is 7.51. The van der Waals surface area contributed by atoms with Crippen LogP contribution in [0.2, 0.25) is 0 Å². The van der Waals surface area contributed by atoms with E-state index in [2.05, 4.69) is 0 Å². The van der Waals surface area contributed by atoms with Gasteiger partial charge >= 0.3 is 5.97 Å². The average Bonchev–Trinajstić information content (AvgIpc) is 2.88. The number of ether oxygens (including phenoxy) is 4. The molecule has 29 heavy (non-hydrogen) atoms. The maximum Gasteiger partial charge on any atom is 0.302 e. The second-order valence-electron chi connectivity index (χ2n) is 6.66. The Kier molecular flexibility index (Phi) is 6.37. The summed E-state index contributed by atoms with van der Waals surface area (Å²) < 4.78 is 22.1. The van der Waals surface area contributed by atoms with Gasteiger partial charge in [0.05, 0.1) is 32.8 Å². The lowest BCUT2D eigenvalue weighted by molar-refractivity contribution is -0.141. The molecule has 0 N–H and O–H groups in total. The number of carbonyl (C=O) groups is 1. The minimum Gasteiger partial charge on any atom is -0.493 e. The summed E-state index contributed by atoms with van der Waals surface area (Å²) in [4.78, 5) is 24.8. The molecule has 0 heterocycles. The number of methoxy groups -OCH3 is 3. The second kappa shape index (κ2) is 8.78. The van der Waals surface area contributed by atoms with Gasteiger partial charge in [0.2, 0.25) is 5.75 Å². The molecule has 7 heteroatoms. The van der Waals surface area contributed by atoms with Crippen LogP contribution in [-0.4, -0.2) is 40.2 Å². The van der Waals surface area contributed by atoms with E-state index in [1.54, 1.807) is 27.4 Å². The van der Waals surface area contributed by atoms with Crippen LogP contribution >= 0.6 is 11.8 Å². The summed E-state index contributed by atoms with van der Waals surface area (Å²) in [6.07, 6.45) is 2.44. The minimum absolute atomic E-state index is 0.0607. The summed E-state index contributed by atoms with van der Waals surface area (Å²) in [5.41, 5.74) is 3.47. The number of hydrogen-bond acceptors (Lipinski definition) is 7. The van der Waals surface area contributed by atoms with E-state index in [-0.39, 0.29) is 23.9 Å². The lowest BCUT2D eigenvalue weighted by Gasteiger charge is -2.29. The molecule has 0 aliphatic heterocycles. The van der Waals surface area contributed by atoms with Crippen LogP contribution in [-0.2, 0) is 16.0 Å². The largest absolute Gasteiger partial charge is 0.493 e. The van der Waals surface area contributed by atoms with Crippen molar-refractivity contribution < 1.29 is 23.7 Å². The highest BCUT2D eigenvalue weighted by Crippen LogP contribution is 2.51. The van der Waals surface area contributed by atoms with Crippen molar-refractivity contribution in [1.82, 2.24) is 0 Å². The van der Waals surface area contributed by atoms with Crippen molar-refractivity contribution in [2.24, 2.45) is 0 Å². The molecule has 0 spiro atoms. The molecule has 2 aromatic carbocycles. The number of benzene rings is 1. The lowest BCUT2D eigenvalue weighted by atomic mass is 9.79. The third kappa shape index (κ3) is 3.92. The summed E-state index contributed by atoms with van der Waals surface area (Å²) in [5, 5.41) is 0. The number of fused-ring (bicyclic) bond motifs is 3. The fourth-order valence-electron chi connectivity index (χ4n) is 3.77. The molecule has 0 saturated carbocycles. The Hall–Kier alpha value is -2.67. The molecule has 0 saturated heterocycles. The number of rotatable bonds is 6. The first-order valence-electron chi connectivity index (χ1n) is 9.12. The normalized spacial score (nSPS) is 14.4. The van der Waals surface area contributed by atoms with Crippen molar-refractivity contribution in [2.75, 3.05) is 34.2 Å². The first-order chi connectivity index (χ1) is 13.9. The van der Waals surface area contributed by atoms with Crippen molar-refractivity contribution >= 4 is 17.7 Å². The Balaban J connectivity index is 2.33. The van der Waals surface area contributed by atoms with Gasteiger partial charge in [0.25, 0.3) is 0 Å². The van der Waals surface area contributed by atoms with Crippen LogP contribution in [0.5, 0.6) is 17.2 Å². The molecule has 1 atom stereocenters. The van der Waals surface area contributed by atoms with E-state index in [1.165, 1.54) is 18.7 Å². The third-order valence-corrected chi connectivity index (χ3v) is 5.81. The fraction of sp³-hybridized carbons (Fsp3) is 0.364. The molecule has 6 nitrogen and oxygen atoms in total. The first-order valence-corrected chi connectivity index (χ1v) is 10.3. The molecular formula is C22H24O6S. The van der Waals surface area contributed by atoms with Gasteiger partial charge in [0, 0.05) is 18.4 Å². The van der Waals surface area contributed by atoms with Gasteiger partial charge in [-0.05, 0) is 47.6 Å². The molecule has 0 radical (unpaired) electrons. The van der Waals surface area contributed by atoms with Crippen molar-refractivity contribution in [3.05, 3.63) is 45.6 Å². The Morgan fingerprint density at radius 1 is 1.10 bits per heavy atom. The van der Waals surface area contributed by atoms with Crippen LogP contribution in [0.3, 0.4) is 0 Å². The summed E-state index contributed by atoms with van der Waals surface area (Å²) in [6.45, 7) is 1.57. The zero-order valence-electron chi connectivity index (χ0n) is 17.2. The van der Waals surface area contributed by atoms with Crippen molar-refractivity contribution in [2.45, 2.75) is 24.2 Å². The molecule has 0 fully saturated rings. The zero-order valence-corrected chi connectivity index (χ0v) is 18.0. The van der Waals surface area contributed by atoms with Gasteiger partial charge in [-0.2, -0.15) is 0 Å². The first kappa shape index (κ1) is 21.0. The summed E-state index contributed by atoms with van der Waals surface area (Å²) in [5.74, 6) is 1.11. The molecule has 1 aliphatic carbocycles. The maximum atomic E-state index is 12.7. The van der Waals surface area contributed by atoms with Crippen LogP contribution in [0.1, 0.15) is 24.0 Å². The van der Waals surface area contributed by atoms with Crippen LogP contribution in [0, 0.1) is 0 Å². The van der Waals surface area contributed by atoms with E-state index in [9.17, 15) is 9.59 Å². The highest BCUT2D eigenvalue weighted by molar-refractivity contribution is 7.98. The van der Waals surface area contributed by atoms with Crippen LogP contribution < -0.4 is 19.6 Å². The predicted molar refractivity (Wildman–Crippen MR) is 113 cm³/mol. The van der Waals surface area contributed by atoms with Crippen LogP contribution in [0.15, 0.2) is 34.0 Å². The van der Waals surface area contributed by atoms with Crippen molar-refractivity contribution in [3.63, 3.8) is 0 Å². The molecule has 0 amide bonds. The molecule has 3 rings (SSSR count). The quantitative estimate of drug-likeness (QED) is 0.526. The Morgan fingerprint density at radius 3 is 2.41 bits per heavy atom. The van der Waals surface area contributed by atoms with E-state index in [0.29, 0.717) is 28.6 Å². The van der Waals surface area contributed by atoms with Gasteiger partial charge in [-0.3, -0.25) is 9.59 Å². The zero-order chi connectivity index (χ0) is 21.1. The van der Waals surface area contributed by atoms with E-state index < -0.39 is 0 Å². The summed E-state index contributed by atoms with van der Waals surface area (Å²) in [7, 11) is 4.72. The Bertz CT molecular complexity index is 1000. The number of carbonyl (C=O) groups excluding carboxylic acids is 1. The average molecular weight is 416 g/mol. The number of hydrogen-bond donors (Lipinski definition) is 0. The Morgan fingerprint density at radius 2 is 1.83 bits per heavy atom. The predicted octanol–water partition coefficient (Wildman–Crippen LogP) is 3.66. The highest BCUT2D eigenvalue weighted by Gasteiger charge is 2.31. The summed E-state index contributed by atoms with van der Waals surface area (Å²) >= 11 is 1.40. The van der Waals surface area contributed by atoms with Gasteiger partial charge in [-0.1, -0.05) is 6.07 Å². The summed E-state index contributed by atoms with van der Waals surface area (Å²) in [6, 6.07) is 7.31. The molecule has 0 aromatic heterocycles. The third-order valence-electron chi connectivity index (χ3n) is 5.04. The van der Waals surface area contributed by atoms with Gasteiger partial charge in [0.1, 0.15) is 0 Å². The highest BCUT2D eigenvalue weighted by atomic mass is 32.2. The smallest absolute Gasteiger partial charge is 0.302 e. The van der Waals surface area contributed by atoms with E-state index in [1.807, 2.05) is 24.5 Å². The van der Waals surface area contributed by atoms with Gasteiger partial charge < -0.3 is 18.9 Å². The van der Waals surface area contributed by atoms with Crippen LogP contribution in [0.25, 0.3) is 11.1 Å². The van der Waals surface area contributed by atoms with Crippen molar-refractivity contribution in [3.8, 4) is 28.4 Å². The van der Waals surface area contributed by atoms with Gasteiger partial charge in [0.15, 0.2) is 16.9 Å². The van der Waals surface area contributed by atoms with Crippen molar-refractivity contribution in [1.29, 1.82) is 0 Å². The standard InChI is InChI=1S/C22H24O6S/c1-12(23)28-11-14-8-13-9-18(25-2)21(26-3)22(27-4)20(13)15-6-7-19(29-5)17(24)10-16(14)15/h6-7,9-10,14H,8,11H2,1-5H3/t14-/m1/s1. The number of esters is 1. The molecule has 1 aliphatic rings. The van der Waals surface area contributed by atoms with Gasteiger partial charge in [-0.15, -0.1) is 11.8 Å². The minimum atomic E-state index is -0.352. The molecule has 154 valence electrons. The van der Waals surface area contributed by atoms with E-state index >= 15 is 0 Å². The van der Waals surface area contributed by atoms with Gasteiger partial charge in [-0.25, -0.2) is 0 Å². The lowest BCUT2D eigenvalue weighted by Crippen LogP contribution is -2.19. The molecular weight excluding hydrogens is 392 g/mol. The Labute approximate surface area is 174 Å². The fourth-order valence-corrected chi connectivity index (χ4v) is 4.23. The molecule has 2 aromatic rings. The SMILES string of the molecule is COc1cc2c(c(OC)c1OC)-c1ccc(SC)c(=O)cc1[C@@H](COC(C)=O)C2. The number of thioether (sulfide) groups is 1. The van der Waals surface area contributed by atoms with E-state index in [4.69, 9.17) is 18.9 Å². The topological polar surface area (TPSA) is 71.1 Å². The van der Waals surface area contributed by atoms with Crippen LogP contribution in [0.4, 0.5) is 0 Å². The maximum absolute atomic E-state index is 12.7.